The number of hydrogen-bond acceptors (Lipinski definition) is 4. The predicted molar refractivity (Wildman–Crippen MR) is 96.5 cm³/mol. The van der Waals surface area contributed by atoms with Crippen molar-refractivity contribution in [1.82, 2.24) is 0 Å². The third kappa shape index (κ3) is 4.39. The number of sulfone groups is 1. The minimum Gasteiger partial charge on any atom is -0.454 e. The Hall–Kier alpha value is -1.47. The van der Waals surface area contributed by atoms with Crippen LogP contribution in [0.25, 0.3) is 0 Å². The molecule has 0 saturated carbocycles. The molecule has 0 radical (unpaired) electrons. The molecule has 134 valence electrons. The van der Waals surface area contributed by atoms with Crippen LogP contribution >= 0.6 is 23.2 Å². The lowest BCUT2D eigenvalue weighted by atomic mass is 10.2. The number of quaternary nitrogens is 1. The van der Waals surface area contributed by atoms with Crippen LogP contribution in [0.15, 0.2) is 41.3 Å². The normalized spacial score (nSPS) is 14.5. The number of halogens is 2. The summed E-state index contributed by atoms with van der Waals surface area (Å²) in [5, 5.41) is 0.543. The van der Waals surface area contributed by atoms with E-state index < -0.39 is 9.84 Å². The number of ether oxygens (including phenoxy) is 2. The van der Waals surface area contributed by atoms with Crippen molar-refractivity contribution in [3.63, 3.8) is 0 Å². The lowest BCUT2D eigenvalue weighted by molar-refractivity contribution is -0.891. The Morgan fingerprint density at radius 2 is 1.84 bits per heavy atom. The van der Waals surface area contributed by atoms with E-state index in [2.05, 4.69) is 0 Å². The number of rotatable bonds is 6. The molecule has 0 bridgehead atoms. The molecular formula is C17H18Cl2NO4S+. The molecule has 3 rings (SSSR count). The Morgan fingerprint density at radius 1 is 1.08 bits per heavy atom. The maximum Gasteiger partial charge on any atom is 0.231 e. The Labute approximate surface area is 157 Å². The van der Waals surface area contributed by atoms with Crippen LogP contribution in [0, 0.1) is 0 Å². The molecular weight excluding hydrogens is 385 g/mol. The largest absolute Gasteiger partial charge is 0.454 e. The molecule has 25 heavy (non-hydrogen) atoms. The fourth-order valence-corrected chi connectivity index (χ4v) is 4.84. The van der Waals surface area contributed by atoms with Crippen LogP contribution in [0.1, 0.15) is 5.56 Å². The summed E-state index contributed by atoms with van der Waals surface area (Å²) < 4.78 is 35.7. The van der Waals surface area contributed by atoms with E-state index in [0.717, 1.165) is 22.0 Å². The Balaban J connectivity index is 1.63. The fraction of sp³-hybridized carbons (Fsp3) is 0.294. The first kappa shape index (κ1) is 18.3. The summed E-state index contributed by atoms with van der Waals surface area (Å²) in [4.78, 5) is 1.14. The van der Waals surface area contributed by atoms with Gasteiger partial charge in [-0.1, -0.05) is 23.2 Å². The third-order valence-electron chi connectivity index (χ3n) is 3.97. The van der Waals surface area contributed by atoms with Gasteiger partial charge in [0.05, 0.1) is 23.5 Å². The average molecular weight is 403 g/mol. The van der Waals surface area contributed by atoms with Gasteiger partial charge in [0.15, 0.2) is 21.3 Å². The van der Waals surface area contributed by atoms with Crippen LogP contribution in [0.3, 0.4) is 0 Å². The zero-order valence-corrected chi connectivity index (χ0v) is 15.9. The number of nitrogens with one attached hydrogen (secondary N) is 1. The molecule has 8 heteroatoms. The number of benzene rings is 2. The van der Waals surface area contributed by atoms with Crippen molar-refractivity contribution in [2.45, 2.75) is 11.4 Å². The lowest BCUT2D eigenvalue weighted by Crippen LogP contribution is -3.08. The summed E-state index contributed by atoms with van der Waals surface area (Å²) in [5.41, 5.74) is 1.06. The topological polar surface area (TPSA) is 57.0 Å². The zero-order valence-electron chi connectivity index (χ0n) is 13.6. The van der Waals surface area contributed by atoms with Crippen molar-refractivity contribution in [2.24, 2.45) is 0 Å². The maximum atomic E-state index is 12.5. The van der Waals surface area contributed by atoms with Crippen molar-refractivity contribution < 1.29 is 22.8 Å². The first-order valence-corrected chi connectivity index (χ1v) is 10.1. The lowest BCUT2D eigenvalue weighted by Gasteiger charge is -2.15. The van der Waals surface area contributed by atoms with Crippen molar-refractivity contribution in [2.75, 3.05) is 26.1 Å². The molecule has 0 spiro atoms. The molecule has 1 aliphatic rings. The van der Waals surface area contributed by atoms with Gasteiger partial charge >= 0.3 is 0 Å². The van der Waals surface area contributed by atoms with Gasteiger partial charge in [0.2, 0.25) is 6.79 Å². The highest BCUT2D eigenvalue weighted by Gasteiger charge is 2.21. The van der Waals surface area contributed by atoms with Gasteiger partial charge in [0, 0.05) is 10.6 Å². The van der Waals surface area contributed by atoms with Gasteiger partial charge in [-0.25, -0.2) is 8.42 Å². The van der Waals surface area contributed by atoms with Gasteiger partial charge in [-0.2, -0.15) is 0 Å². The van der Waals surface area contributed by atoms with Crippen molar-refractivity contribution in [3.8, 4) is 11.5 Å². The van der Waals surface area contributed by atoms with Gasteiger partial charge in [0.25, 0.3) is 0 Å². The van der Waals surface area contributed by atoms with Gasteiger partial charge in [-0.15, -0.1) is 0 Å². The van der Waals surface area contributed by atoms with Gasteiger partial charge in [0.1, 0.15) is 12.3 Å². The summed E-state index contributed by atoms with van der Waals surface area (Å²) >= 11 is 11.9. The second kappa shape index (κ2) is 7.41. The summed E-state index contributed by atoms with van der Waals surface area (Å²) in [5.74, 6) is 1.45. The van der Waals surface area contributed by atoms with Gasteiger partial charge in [-0.3, -0.25) is 0 Å². The minimum atomic E-state index is -3.49. The van der Waals surface area contributed by atoms with Crippen LogP contribution < -0.4 is 14.4 Å². The molecule has 0 aromatic heterocycles. The maximum absolute atomic E-state index is 12.5. The number of fused-ring (bicyclic) bond motifs is 1. The summed E-state index contributed by atoms with van der Waals surface area (Å²) in [6.07, 6.45) is 0. The van der Waals surface area contributed by atoms with Crippen LogP contribution in [-0.2, 0) is 16.4 Å². The van der Waals surface area contributed by atoms with E-state index in [0.29, 0.717) is 18.1 Å². The average Bonchev–Trinajstić information content (AvgIpc) is 3.03. The first-order chi connectivity index (χ1) is 11.8. The van der Waals surface area contributed by atoms with Crippen molar-refractivity contribution in [3.05, 3.63) is 52.0 Å². The molecule has 1 aliphatic heterocycles. The smallest absolute Gasteiger partial charge is 0.231 e. The molecule has 1 heterocycles. The molecule has 0 fully saturated rings. The second-order valence-electron chi connectivity index (χ2n) is 5.97. The number of hydrogen-bond donors (Lipinski definition) is 1. The third-order valence-corrected chi connectivity index (χ3v) is 6.39. The molecule has 1 N–H and O–H groups in total. The van der Waals surface area contributed by atoms with Crippen LogP contribution in [-0.4, -0.2) is 34.6 Å². The predicted octanol–water partition coefficient (Wildman–Crippen LogP) is 2.21. The molecule has 0 aliphatic carbocycles. The zero-order chi connectivity index (χ0) is 18.0. The highest BCUT2D eigenvalue weighted by molar-refractivity contribution is 7.91. The van der Waals surface area contributed by atoms with Crippen molar-refractivity contribution in [1.29, 1.82) is 0 Å². The van der Waals surface area contributed by atoms with E-state index in [4.69, 9.17) is 32.7 Å². The standard InChI is InChI=1S/C17H17Cl2NO4S/c1-20(10-12-2-5-15-16(8-12)24-11-23-15)6-7-25(21,22)17-9-13(18)3-4-14(17)19/h2-5,8-9H,6-7,10-11H2,1H3/p+1. The molecule has 5 nitrogen and oxygen atoms in total. The van der Waals surface area contributed by atoms with Crippen LogP contribution in [0.4, 0.5) is 0 Å². The quantitative estimate of drug-likeness (QED) is 0.804. The minimum absolute atomic E-state index is 0.0105. The van der Waals surface area contributed by atoms with E-state index in [9.17, 15) is 8.42 Å². The molecule has 1 atom stereocenters. The van der Waals surface area contributed by atoms with Crippen LogP contribution in [0.2, 0.25) is 10.0 Å². The molecule has 2 aromatic carbocycles. The van der Waals surface area contributed by atoms with Crippen LogP contribution in [0.5, 0.6) is 11.5 Å². The van der Waals surface area contributed by atoms with E-state index in [1.54, 1.807) is 6.07 Å². The van der Waals surface area contributed by atoms with Crippen molar-refractivity contribution >= 4 is 33.0 Å². The first-order valence-electron chi connectivity index (χ1n) is 7.73. The van der Waals surface area contributed by atoms with E-state index in [-0.39, 0.29) is 22.5 Å². The Kier molecular flexibility index (Phi) is 5.43. The monoisotopic (exact) mass is 402 g/mol. The highest BCUT2D eigenvalue weighted by atomic mass is 35.5. The summed E-state index contributed by atoms with van der Waals surface area (Å²) in [7, 11) is -1.55. The Morgan fingerprint density at radius 3 is 2.64 bits per heavy atom. The molecule has 0 amide bonds. The highest BCUT2D eigenvalue weighted by Crippen LogP contribution is 2.32. The van der Waals surface area contributed by atoms with E-state index >= 15 is 0 Å². The molecule has 0 saturated heterocycles. The summed E-state index contributed by atoms with van der Waals surface area (Å²) in [6.45, 7) is 1.36. The van der Waals surface area contributed by atoms with E-state index in [1.165, 1.54) is 12.1 Å². The summed E-state index contributed by atoms with van der Waals surface area (Å²) in [6, 6.07) is 10.2. The van der Waals surface area contributed by atoms with Gasteiger partial charge < -0.3 is 14.4 Å². The van der Waals surface area contributed by atoms with Gasteiger partial charge in [-0.05, 0) is 36.4 Å². The Bertz CT molecular complexity index is 886. The SMILES string of the molecule is C[NH+](CCS(=O)(=O)c1cc(Cl)ccc1Cl)Cc1ccc2c(c1)OCO2. The molecule has 1 unspecified atom stereocenters. The second-order valence-corrected chi connectivity index (χ2v) is 8.89. The fourth-order valence-electron chi connectivity index (χ4n) is 2.62. The van der Waals surface area contributed by atoms with E-state index in [1.807, 2.05) is 25.2 Å². The molecule has 2 aromatic rings.